The fourth-order valence-corrected chi connectivity index (χ4v) is 2.12. The van der Waals surface area contributed by atoms with Gasteiger partial charge >= 0.3 is 0 Å². The Labute approximate surface area is 110 Å². The van der Waals surface area contributed by atoms with E-state index in [-0.39, 0.29) is 5.54 Å². The van der Waals surface area contributed by atoms with Crippen molar-refractivity contribution in [2.75, 3.05) is 10.6 Å². The van der Waals surface area contributed by atoms with E-state index in [2.05, 4.69) is 68.7 Å². The lowest BCUT2D eigenvalue weighted by Gasteiger charge is -2.32. The summed E-state index contributed by atoms with van der Waals surface area (Å²) in [4.78, 5) is 0. The zero-order chi connectivity index (χ0) is 13.2. The van der Waals surface area contributed by atoms with Gasteiger partial charge in [0.05, 0.1) is 5.54 Å². The summed E-state index contributed by atoms with van der Waals surface area (Å²) in [5.74, 6) is 0. The summed E-state index contributed by atoms with van der Waals surface area (Å²) in [5, 5.41) is 7.12. The predicted octanol–water partition coefficient (Wildman–Crippen LogP) is 4.50. The Bertz CT molecular complexity index is 450. The zero-order valence-corrected chi connectivity index (χ0v) is 11.9. The van der Waals surface area contributed by atoms with Gasteiger partial charge in [-0.1, -0.05) is 26.0 Å². The van der Waals surface area contributed by atoms with Crippen LogP contribution in [-0.2, 0) is 0 Å². The van der Waals surface area contributed by atoms with Crippen molar-refractivity contribution in [1.82, 2.24) is 0 Å². The third kappa shape index (κ3) is 2.69. The van der Waals surface area contributed by atoms with Gasteiger partial charge in [-0.2, -0.15) is 0 Å². The highest BCUT2D eigenvalue weighted by Crippen LogP contribution is 2.31. The van der Waals surface area contributed by atoms with Gasteiger partial charge in [0.15, 0.2) is 0 Å². The molecule has 98 valence electrons. The Balaban J connectivity index is 2.20. The van der Waals surface area contributed by atoms with Crippen LogP contribution in [0, 0.1) is 0 Å². The van der Waals surface area contributed by atoms with Crippen molar-refractivity contribution in [2.45, 2.75) is 52.1 Å². The average molecular weight is 244 g/mol. The van der Waals surface area contributed by atoms with E-state index in [1.165, 1.54) is 16.9 Å². The van der Waals surface area contributed by atoms with Crippen molar-refractivity contribution in [3.05, 3.63) is 29.8 Å². The highest BCUT2D eigenvalue weighted by Gasteiger charge is 2.22. The molecule has 2 N–H and O–H groups in total. The predicted molar refractivity (Wildman–Crippen MR) is 81.2 cm³/mol. The largest absolute Gasteiger partial charge is 0.383 e. The van der Waals surface area contributed by atoms with Crippen LogP contribution >= 0.6 is 0 Å². The molecule has 0 spiro atoms. The SMILES string of the molecule is CCC(C)Nc1ccc2c(c1)C=CC(C)(CC)N2. The van der Waals surface area contributed by atoms with Crippen LogP contribution in [-0.4, -0.2) is 11.6 Å². The van der Waals surface area contributed by atoms with Crippen LogP contribution in [0.5, 0.6) is 0 Å². The molecule has 0 saturated heterocycles. The lowest BCUT2D eigenvalue weighted by molar-refractivity contribution is 0.611. The summed E-state index contributed by atoms with van der Waals surface area (Å²) in [6.45, 7) is 8.85. The molecular formula is C16H24N2. The molecule has 1 aromatic rings. The van der Waals surface area contributed by atoms with Crippen LogP contribution in [0.1, 0.15) is 46.1 Å². The second-order valence-electron chi connectivity index (χ2n) is 5.49. The van der Waals surface area contributed by atoms with E-state index in [1.807, 2.05) is 0 Å². The van der Waals surface area contributed by atoms with Gasteiger partial charge < -0.3 is 10.6 Å². The van der Waals surface area contributed by atoms with Crippen molar-refractivity contribution in [1.29, 1.82) is 0 Å². The number of anilines is 2. The summed E-state index contributed by atoms with van der Waals surface area (Å²) in [6, 6.07) is 7.08. The number of fused-ring (bicyclic) bond motifs is 1. The Kier molecular flexibility index (Phi) is 3.65. The molecule has 2 heteroatoms. The molecule has 1 aliphatic rings. The maximum Gasteiger partial charge on any atom is 0.0528 e. The molecule has 1 heterocycles. The standard InChI is InChI=1S/C16H24N2/c1-5-12(3)17-14-7-8-15-13(11-14)9-10-16(4,6-2)18-15/h7-12,17-18H,5-6H2,1-4H3. The lowest BCUT2D eigenvalue weighted by Crippen LogP contribution is -2.33. The molecule has 0 saturated carbocycles. The minimum absolute atomic E-state index is 0.0959. The summed E-state index contributed by atoms with van der Waals surface area (Å²) >= 11 is 0. The summed E-state index contributed by atoms with van der Waals surface area (Å²) < 4.78 is 0. The van der Waals surface area contributed by atoms with Crippen molar-refractivity contribution < 1.29 is 0 Å². The van der Waals surface area contributed by atoms with Gasteiger partial charge in [0.25, 0.3) is 0 Å². The highest BCUT2D eigenvalue weighted by atomic mass is 15.0. The summed E-state index contributed by atoms with van der Waals surface area (Å²) in [6.07, 6.45) is 6.73. The van der Waals surface area contributed by atoms with E-state index in [9.17, 15) is 0 Å². The van der Waals surface area contributed by atoms with Gasteiger partial charge in [-0.05, 0) is 50.5 Å². The molecule has 1 aromatic carbocycles. The first kappa shape index (κ1) is 13.0. The smallest absolute Gasteiger partial charge is 0.0528 e. The second-order valence-corrected chi connectivity index (χ2v) is 5.49. The molecule has 2 rings (SSSR count). The molecule has 0 bridgehead atoms. The molecule has 0 aliphatic carbocycles. The molecule has 1 aliphatic heterocycles. The molecule has 0 amide bonds. The van der Waals surface area contributed by atoms with E-state index in [0.29, 0.717) is 6.04 Å². The highest BCUT2D eigenvalue weighted by molar-refractivity contribution is 5.75. The Hall–Kier alpha value is -1.44. The van der Waals surface area contributed by atoms with Crippen molar-refractivity contribution in [3.8, 4) is 0 Å². The zero-order valence-electron chi connectivity index (χ0n) is 11.9. The minimum Gasteiger partial charge on any atom is -0.383 e. The van der Waals surface area contributed by atoms with Gasteiger partial charge in [0, 0.05) is 17.4 Å². The molecule has 2 atom stereocenters. The maximum atomic E-state index is 3.60. The molecule has 0 radical (unpaired) electrons. The number of hydrogen-bond acceptors (Lipinski definition) is 2. The Morgan fingerprint density at radius 3 is 2.78 bits per heavy atom. The van der Waals surface area contributed by atoms with Crippen LogP contribution in [0.4, 0.5) is 11.4 Å². The third-order valence-electron chi connectivity index (χ3n) is 3.86. The van der Waals surface area contributed by atoms with Crippen LogP contribution in [0.2, 0.25) is 0 Å². The van der Waals surface area contributed by atoms with Crippen molar-refractivity contribution >= 4 is 17.5 Å². The van der Waals surface area contributed by atoms with Crippen molar-refractivity contribution in [2.24, 2.45) is 0 Å². The van der Waals surface area contributed by atoms with Crippen LogP contribution in [0.25, 0.3) is 6.08 Å². The average Bonchev–Trinajstić information content (AvgIpc) is 2.39. The van der Waals surface area contributed by atoms with Gasteiger partial charge in [-0.15, -0.1) is 0 Å². The minimum atomic E-state index is 0.0959. The quantitative estimate of drug-likeness (QED) is 0.814. The lowest BCUT2D eigenvalue weighted by atomic mass is 9.92. The van der Waals surface area contributed by atoms with Crippen molar-refractivity contribution in [3.63, 3.8) is 0 Å². The van der Waals surface area contributed by atoms with Gasteiger partial charge in [0.1, 0.15) is 0 Å². The van der Waals surface area contributed by atoms with Gasteiger partial charge in [-0.3, -0.25) is 0 Å². The number of hydrogen-bond donors (Lipinski definition) is 2. The fourth-order valence-electron chi connectivity index (χ4n) is 2.12. The van der Waals surface area contributed by atoms with E-state index < -0.39 is 0 Å². The maximum absolute atomic E-state index is 3.60. The monoisotopic (exact) mass is 244 g/mol. The fraction of sp³-hybridized carbons (Fsp3) is 0.500. The van der Waals surface area contributed by atoms with Gasteiger partial charge in [0.2, 0.25) is 0 Å². The molecule has 0 aromatic heterocycles. The first-order chi connectivity index (χ1) is 8.56. The van der Waals surface area contributed by atoms with E-state index >= 15 is 0 Å². The van der Waals surface area contributed by atoms with Crippen LogP contribution < -0.4 is 10.6 Å². The Morgan fingerprint density at radius 1 is 1.33 bits per heavy atom. The molecular weight excluding hydrogens is 220 g/mol. The van der Waals surface area contributed by atoms with E-state index in [0.717, 1.165) is 12.8 Å². The second kappa shape index (κ2) is 5.05. The van der Waals surface area contributed by atoms with Crippen LogP contribution in [0.3, 0.4) is 0 Å². The molecule has 2 unspecified atom stereocenters. The molecule has 2 nitrogen and oxygen atoms in total. The number of nitrogens with one attached hydrogen (secondary N) is 2. The third-order valence-corrected chi connectivity index (χ3v) is 3.86. The van der Waals surface area contributed by atoms with E-state index in [4.69, 9.17) is 0 Å². The normalized spacial score (nSPS) is 23.1. The van der Waals surface area contributed by atoms with Gasteiger partial charge in [-0.25, -0.2) is 0 Å². The molecule has 0 fully saturated rings. The Morgan fingerprint density at radius 2 is 2.11 bits per heavy atom. The topological polar surface area (TPSA) is 24.1 Å². The van der Waals surface area contributed by atoms with E-state index in [1.54, 1.807) is 0 Å². The summed E-state index contributed by atoms with van der Waals surface area (Å²) in [5.41, 5.74) is 3.80. The first-order valence-electron chi connectivity index (χ1n) is 6.94. The number of benzene rings is 1. The molecule has 18 heavy (non-hydrogen) atoms. The first-order valence-corrected chi connectivity index (χ1v) is 6.94. The van der Waals surface area contributed by atoms with Crippen LogP contribution in [0.15, 0.2) is 24.3 Å². The summed E-state index contributed by atoms with van der Waals surface area (Å²) in [7, 11) is 0. The number of rotatable bonds is 4.